The molecule has 19 heavy (non-hydrogen) atoms. The molecule has 3 aromatic rings. The van der Waals surface area contributed by atoms with Crippen molar-refractivity contribution >= 4 is 10.9 Å². The maximum Gasteiger partial charge on any atom is 0.0456 e. The molecule has 0 spiro atoms. The number of H-pyrrole nitrogens is 1. The Morgan fingerprint density at radius 1 is 1.00 bits per heavy atom. The smallest absolute Gasteiger partial charge is 0.0456 e. The number of hydrogen-bond acceptors (Lipinski definition) is 1. The Bertz CT molecular complexity index is 727. The average molecular weight is 248 g/mol. The third-order valence-electron chi connectivity index (χ3n) is 4.08. The van der Waals surface area contributed by atoms with Crippen LogP contribution in [0.15, 0.2) is 54.7 Å². The molecule has 4 rings (SSSR count). The lowest BCUT2D eigenvalue weighted by Gasteiger charge is -2.26. The van der Waals surface area contributed by atoms with Crippen LogP contribution in [-0.2, 0) is 6.54 Å². The lowest BCUT2D eigenvalue weighted by Crippen LogP contribution is -2.28. The fraction of sp³-hybridized carbons (Fsp3) is 0.176. The third kappa shape index (κ3) is 1.76. The molecule has 0 amide bonds. The summed E-state index contributed by atoms with van der Waals surface area (Å²) in [4.78, 5) is 3.30. The molecule has 2 N–H and O–H groups in total. The van der Waals surface area contributed by atoms with Gasteiger partial charge >= 0.3 is 0 Å². The Balaban J connectivity index is 1.84. The van der Waals surface area contributed by atoms with Gasteiger partial charge in [-0.2, -0.15) is 0 Å². The highest BCUT2D eigenvalue weighted by Crippen LogP contribution is 2.31. The van der Waals surface area contributed by atoms with Gasteiger partial charge in [0.25, 0.3) is 0 Å². The van der Waals surface area contributed by atoms with Gasteiger partial charge < -0.3 is 10.3 Å². The number of fused-ring (bicyclic) bond motifs is 2. The normalized spacial score (nSPS) is 18.4. The Morgan fingerprint density at radius 3 is 2.95 bits per heavy atom. The van der Waals surface area contributed by atoms with Crippen molar-refractivity contribution < 1.29 is 0 Å². The second kappa shape index (κ2) is 4.25. The topological polar surface area (TPSA) is 27.8 Å². The summed E-state index contributed by atoms with van der Waals surface area (Å²) in [6.45, 7) is 2.00. The van der Waals surface area contributed by atoms with Crippen molar-refractivity contribution in [3.8, 4) is 0 Å². The van der Waals surface area contributed by atoms with Crippen LogP contribution >= 0.6 is 0 Å². The Hall–Kier alpha value is -2.06. The van der Waals surface area contributed by atoms with Crippen LogP contribution < -0.4 is 5.32 Å². The molecule has 1 aliphatic rings. The van der Waals surface area contributed by atoms with Crippen LogP contribution in [0.4, 0.5) is 0 Å². The van der Waals surface area contributed by atoms with Gasteiger partial charge in [0.1, 0.15) is 0 Å². The van der Waals surface area contributed by atoms with E-state index >= 15 is 0 Å². The van der Waals surface area contributed by atoms with Crippen molar-refractivity contribution in [2.45, 2.75) is 12.5 Å². The van der Waals surface area contributed by atoms with Gasteiger partial charge in [-0.1, -0.05) is 36.4 Å². The summed E-state index contributed by atoms with van der Waals surface area (Å²) < 4.78 is 0. The van der Waals surface area contributed by atoms with Gasteiger partial charge in [-0.3, -0.25) is 0 Å². The zero-order valence-corrected chi connectivity index (χ0v) is 10.7. The zero-order chi connectivity index (χ0) is 12.7. The predicted molar refractivity (Wildman–Crippen MR) is 78.3 cm³/mol. The van der Waals surface area contributed by atoms with E-state index in [1.54, 1.807) is 0 Å². The van der Waals surface area contributed by atoms with Crippen LogP contribution in [-0.4, -0.2) is 11.5 Å². The molecule has 0 saturated carbocycles. The number of rotatable bonds is 1. The van der Waals surface area contributed by atoms with Gasteiger partial charge in [-0.05, 0) is 34.2 Å². The predicted octanol–water partition coefficient (Wildman–Crippen LogP) is 3.40. The van der Waals surface area contributed by atoms with E-state index in [9.17, 15) is 0 Å². The molecule has 2 heteroatoms. The van der Waals surface area contributed by atoms with Crippen LogP contribution in [0.1, 0.15) is 22.6 Å². The second-order valence-electron chi connectivity index (χ2n) is 5.21. The molecule has 0 radical (unpaired) electrons. The van der Waals surface area contributed by atoms with Crippen molar-refractivity contribution in [3.63, 3.8) is 0 Å². The molecular formula is C17H16N2. The first-order chi connectivity index (χ1) is 9.42. The number of aromatic nitrogens is 1. The molecule has 2 heterocycles. The van der Waals surface area contributed by atoms with Gasteiger partial charge in [0.05, 0.1) is 0 Å². The lowest BCUT2D eigenvalue weighted by molar-refractivity contribution is 0.591. The first-order valence-electron chi connectivity index (χ1n) is 6.77. The van der Waals surface area contributed by atoms with Gasteiger partial charge in [-0.25, -0.2) is 0 Å². The van der Waals surface area contributed by atoms with Crippen molar-refractivity contribution in [1.82, 2.24) is 10.3 Å². The van der Waals surface area contributed by atoms with Crippen LogP contribution in [0.3, 0.4) is 0 Å². The summed E-state index contributed by atoms with van der Waals surface area (Å²) in [6, 6.07) is 17.6. The molecule has 0 bridgehead atoms. The molecule has 1 aliphatic heterocycles. The van der Waals surface area contributed by atoms with Crippen molar-refractivity contribution in [2.24, 2.45) is 0 Å². The Kier molecular flexibility index (Phi) is 2.42. The van der Waals surface area contributed by atoms with Crippen LogP contribution in [0, 0.1) is 0 Å². The number of benzene rings is 2. The first-order valence-corrected chi connectivity index (χ1v) is 6.77. The van der Waals surface area contributed by atoms with Crippen molar-refractivity contribution in [2.75, 3.05) is 6.54 Å². The Labute approximate surface area is 112 Å². The molecular weight excluding hydrogens is 232 g/mol. The van der Waals surface area contributed by atoms with Crippen LogP contribution in [0.5, 0.6) is 0 Å². The van der Waals surface area contributed by atoms with E-state index in [0.29, 0.717) is 5.92 Å². The summed E-state index contributed by atoms with van der Waals surface area (Å²) >= 11 is 0. The van der Waals surface area contributed by atoms with E-state index in [0.717, 1.165) is 13.1 Å². The first kappa shape index (κ1) is 10.8. The molecule has 0 saturated heterocycles. The number of nitrogens with one attached hydrogen (secondary N) is 2. The average Bonchev–Trinajstić information content (AvgIpc) is 2.94. The number of aromatic amines is 1. The molecule has 2 aromatic carbocycles. The van der Waals surface area contributed by atoms with E-state index in [1.807, 2.05) is 6.20 Å². The van der Waals surface area contributed by atoms with E-state index < -0.39 is 0 Å². The fourth-order valence-electron chi connectivity index (χ4n) is 3.08. The summed E-state index contributed by atoms with van der Waals surface area (Å²) in [5.41, 5.74) is 5.49. The maximum atomic E-state index is 3.52. The molecule has 94 valence electrons. The molecule has 0 fully saturated rings. The van der Waals surface area contributed by atoms with Crippen molar-refractivity contribution in [3.05, 3.63) is 71.4 Å². The van der Waals surface area contributed by atoms with Crippen LogP contribution in [0.2, 0.25) is 0 Å². The summed E-state index contributed by atoms with van der Waals surface area (Å²) in [5.74, 6) is 0.456. The monoisotopic (exact) mass is 248 g/mol. The Morgan fingerprint density at radius 2 is 1.95 bits per heavy atom. The second-order valence-corrected chi connectivity index (χ2v) is 5.21. The van der Waals surface area contributed by atoms with Crippen LogP contribution in [0.25, 0.3) is 10.9 Å². The zero-order valence-electron chi connectivity index (χ0n) is 10.7. The summed E-state index contributed by atoms with van der Waals surface area (Å²) in [6.07, 6.45) is 2.00. The quantitative estimate of drug-likeness (QED) is 0.678. The molecule has 1 atom stereocenters. The molecule has 0 aliphatic carbocycles. The SMILES string of the molecule is c1ccc2c(c1)CNC[C@H]2c1ccc2cc[nH]c2c1. The highest BCUT2D eigenvalue weighted by Gasteiger charge is 2.21. The molecule has 0 unspecified atom stereocenters. The maximum absolute atomic E-state index is 3.52. The highest BCUT2D eigenvalue weighted by molar-refractivity contribution is 5.80. The minimum atomic E-state index is 0.456. The molecule has 2 nitrogen and oxygen atoms in total. The van der Waals surface area contributed by atoms with E-state index in [1.165, 1.54) is 27.6 Å². The fourth-order valence-corrected chi connectivity index (χ4v) is 3.08. The van der Waals surface area contributed by atoms with Gasteiger partial charge in [0.2, 0.25) is 0 Å². The van der Waals surface area contributed by atoms with Gasteiger partial charge in [0, 0.05) is 30.7 Å². The standard InChI is InChI=1S/C17H16N2/c1-2-4-15-14(3-1)10-18-11-16(15)13-6-5-12-7-8-19-17(12)9-13/h1-9,16,18-19H,10-11H2/t16-/m0/s1. The number of hydrogen-bond donors (Lipinski definition) is 2. The van der Waals surface area contributed by atoms with Gasteiger partial charge in [-0.15, -0.1) is 0 Å². The minimum absolute atomic E-state index is 0.456. The highest BCUT2D eigenvalue weighted by atomic mass is 14.9. The summed E-state index contributed by atoms with van der Waals surface area (Å²) in [5, 5.41) is 4.80. The van der Waals surface area contributed by atoms with Crippen molar-refractivity contribution in [1.29, 1.82) is 0 Å². The summed E-state index contributed by atoms with van der Waals surface area (Å²) in [7, 11) is 0. The van der Waals surface area contributed by atoms with E-state index in [4.69, 9.17) is 0 Å². The van der Waals surface area contributed by atoms with E-state index in [2.05, 4.69) is 58.8 Å². The van der Waals surface area contributed by atoms with Gasteiger partial charge in [0.15, 0.2) is 0 Å². The third-order valence-corrected chi connectivity index (χ3v) is 4.08. The molecule has 1 aromatic heterocycles. The largest absolute Gasteiger partial charge is 0.361 e. The minimum Gasteiger partial charge on any atom is -0.361 e. The van der Waals surface area contributed by atoms with E-state index in [-0.39, 0.29) is 0 Å². The lowest BCUT2D eigenvalue weighted by atomic mass is 9.85.